The van der Waals surface area contributed by atoms with Crippen molar-refractivity contribution in [1.29, 1.82) is 0 Å². The third-order valence-corrected chi connectivity index (χ3v) is 5.40. The van der Waals surface area contributed by atoms with Gasteiger partial charge in [0.05, 0.1) is 0 Å². The van der Waals surface area contributed by atoms with Crippen LogP contribution in [0.4, 0.5) is 13.2 Å². The Morgan fingerprint density at radius 1 is 1.00 bits per heavy atom. The molecule has 0 amide bonds. The van der Waals surface area contributed by atoms with Gasteiger partial charge in [0.1, 0.15) is 0 Å². The average Bonchev–Trinajstić information content (AvgIpc) is 2.37. The standard InChI is InChI=1S/C14H11F3IO/c1-8-2-3-10(6-11(8)15)18-7-9-4-12(16)14(19)13(17)5-9/h2-6,19H,7H2,1H3/q-1. The normalized spacial score (nSPS) is 10.9. The first-order valence-corrected chi connectivity index (χ1v) is 8.10. The third-order valence-electron chi connectivity index (χ3n) is 2.59. The molecule has 0 aliphatic carbocycles. The first kappa shape index (κ1) is 14.2. The first-order valence-electron chi connectivity index (χ1n) is 5.49. The molecule has 0 spiro atoms. The van der Waals surface area contributed by atoms with E-state index in [2.05, 4.69) is 0 Å². The van der Waals surface area contributed by atoms with Crippen molar-refractivity contribution in [3.8, 4) is 5.75 Å². The summed E-state index contributed by atoms with van der Waals surface area (Å²) < 4.78 is 41.0. The molecule has 2 aromatic carbocycles. The number of rotatable bonds is 3. The molecule has 1 N–H and O–H groups in total. The van der Waals surface area contributed by atoms with E-state index in [9.17, 15) is 13.2 Å². The van der Waals surface area contributed by atoms with E-state index in [0.717, 1.165) is 15.7 Å². The summed E-state index contributed by atoms with van der Waals surface area (Å²) in [5, 5.41) is 8.99. The van der Waals surface area contributed by atoms with Crippen molar-refractivity contribution in [3.05, 3.63) is 62.5 Å². The van der Waals surface area contributed by atoms with Crippen LogP contribution in [0.25, 0.3) is 0 Å². The van der Waals surface area contributed by atoms with Crippen LogP contribution < -0.4 is 21.2 Å². The molecular weight excluding hydrogens is 368 g/mol. The minimum atomic E-state index is -0.964. The number of aryl methyl sites for hydroxylation is 1. The van der Waals surface area contributed by atoms with Crippen LogP contribution in [0.2, 0.25) is 0 Å². The number of alkyl halides is 1. The number of hydrogen-bond acceptors (Lipinski definition) is 1. The number of aromatic hydroxyl groups is 1. The number of hydrogen-bond donors (Lipinski definition) is 1. The second kappa shape index (κ2) is 5.81. The van der Waals surface area contributed by atoms with Gasteiger partial charge in [-0.15, -0.1) is 0 Å². The molecule has 2 rings (SSSR count). The second-order valence-corrected chi connectivity index (χ2v) is 6.84. The van der Waals surface area contributed by atoms with Gasteiger partial charge in [-0.25, -0.2) is 0 Å². The molecule has 2 aromatic rings. The van der Waals surface area contributed by atoms with Crippen LogP contribution in [0.3, 0.4) is 0 Å². The fourth-order valence-electron chi connectivity index (χ4n) is 1.50. The molecule has 5 heteroatoms. The second-order valence-electron chi connectivity index (χ2n) is 4.07. The zero-order chi connectivity index (χ0) is 14.0. The molecule has 0 aliphatic rings. The van der Waals surface area contributed by atoms with Gasteiger partial charge in [0.15, 0.2) is 0 Å². The molecule has 0 atom stereocenters. The molecule has 0 aliphatic heterocycles. The molecule has 0 unspecified atom stereocenters. The van der Waals surface area contributed by atoms with Gasteiger partial charge >= 0.3 is 119 Å². The van der Waals surface area contributed by atoms with Gasteiger partial charge < -0.3 is 0 Å². The minimum absolute atomic E-state index is 0.264. The summed E-state index contributed by atoms with van der Waals surface area (Å²) in [4.78, 5) is 0. The summed E-state index contributed by atoms with van der Waals surface area (Å²) in [7, 11) is 0. The van der Waals surface area contributed by atoms with Crippen LogP contribution in [0.1, 0.15) is 11.1 Å². The number of halogens is 4. The van der Waals surface area contributed by atoms with Crippen molar-refractivity contribution in [3.63, 3.8) is 0 Å². The summed E-state index contributed by atoms with van der Waals surface area (Å²) in [6.07, 6.45) is 0. The van der Waals surface area contributed by atoms with Crippen molar-refractivity contribution < 1.29 is 39.5 Å². The fourth-order valence-corrected chi connectivity index (χ4v) is 3.75. The van der Waals surface area contributed by atoms with E-state index in [0.29, 0.717) is 15.6 Å². The van der Waals surface area contributed by atoms with Crippen LogP contribution in [-0.4, -0.2) is 5.11 Å². The quantitative estimate of drug-likeness (QED) is 0.611. The molecule has 19 heavy (non-hydrogen) atoms. The van der Waals surface area contributed by atoms with E-state index in [1.54, 1.807) is 13.0 Å². The maximum atomic E-state index is 13.4. The summed E-state index contributed by atoms with van der Waals surface area (Å²) in [6.45, 7) is 1.68. The van der Waals surface area contributed by atoms with Crippen LogP contribution in [0.5, 0.6) is 5.75 Å². The van der Waals surface area contributed by atoms with Crippen LogP contribution >= 0.6 is 0 Å². The van der Waals surface area contributed by atoms with Crippen LogP contribution in [0.15, 0.2) is 30.3 Å². The van der Waals surface area contributed by atoms with E-state index in [1.807, 2.05) is 6.07 Å². The SMILES string of the molecule is Cc1ccc([I-]Cc2cc(F)c(O)c(F)c2)cc1F. The maximum absolute atomic E-state index is 13.4. The zero-order valence-electron chi connectivity index (χ0n) is 10.1. The molecule has 0 saturated heterocycles. The van der Waals surface area contributed by atoms with Crippen molar-refractivity contribution in [2.24, 2.45) is 0 Å². The summed E-state index contributed by atoms with van der Waals surface area (Å²) >= 11 is -0.572. The van der Waals surface area contributed by atoms with Crippen LogP contribution in [0, 0.1) is 27.9 Å². The molecular formula is C14H11F3IO-. The van der Waals surface area contributed by atoms with E-state index < -0.39 is 38.6 Å². The zero-order valence-corrected chi connectivity index (χ0v) is 12.2. The van der Waals surface area contributed by atoms with Crippen molar-refractivity contribution >= 4 is 0 Å². The van der Waals surface area contributed by atoms with Crippen molar-refractivity contribution in [2.45, 2.75) is 11.4 Å². The molecule has 0 saturated carbocycles. The monoisotopic (exact) mass is 379 g/mol. The Balaban J connectivity index is 2.12. The van der Waals surface area contributed by atoms with Gasteiger partial charge in [0, 0.05) is 0 Å². The fraction of sp³-hybridized carbons (Fsp3) is 0.143. The van der Waals surface area contributed by atoms with Gasteiger partial charge in [-0.05, 0) is 0 Å². The first-order chi connectivity index (χ1) is 8.97. The van der Waals surface area contributed by atoms with E-state index in [-0.39, 0.29) is 5.82 Å². The molecule has 0 heterocycles. The Hall–Kier alpha value is -1.24. The van der Waals surface area contributed by atoms with Crippen molar-refractivity contribution in [1.82, 2.24) is 0 Å². The van der Waals surface area contributed by atoms with Gasteiger partial charge in [0.25, 0.3) is 0 Å². The molecule has 1 nitrogen and oxygen atoms in total. The summed E-state index contributed by atoms with van der Waals surface area (Å²) in [6, 6.07) is 7.22. The third kappa shape index (κ3) is 3.40. The predicted molar refractivity (Wildman–Crippen MR) is 61.6 cm³/mol. The Labute approximate surface area is 119 Å². The van der Waals surface area contributed by atoms with Crippen molar-refractivity contribution in [2.75, 3.05) is 0 Å². The number of phenols is 1. The molecule has 0 aromatic heterocycles. The van der Waals surface area contributed by atoms with Gasteiger partial charge in [-0.1, -0.05) is 0 Å². The number of benzene rings is 2. The van der Waals surface area contributed by atoms with E-state index >= 15 is 0 Å². The Morgan fingerprint density at radius 2 is 1.63 bits per heavy atom. The van der Waals surface area contributed by atoms with E-state index in [1.165, 1.54) is 6.07 Å². The number of phenolic OH excluding ortho intramolecular Hbond substituents is 1. The van der Waals surface area contributed by atoms with E-state index in [4.69, 9.17) is 5.11 Å². The molecule has 0 fully saturated rings. The molecule has 102 valence electrons. The Kier molecular flexibility index (Phi) is 4.34. The summed E-state index contributed by atoms with van der Waals surface area (Å²) in [5.74, 6) is -3.15. The van der Waals surface area contributed by atoms with Crippen LogP contribution in [-0.2, 0) is 4.43 Å². The summed E-state index contributed by atoms with van der Waals surface area (Å²) in [5.41, 5.74) is 1.05. The van der Waals surface area contributed by atoms with Gasteiger partial charge in [-0.3, -0.25) is 0 Å². The van der Waals surface area contributed by atoms with Gasteiger partial charge in [0.2, 0.25) is 0 Å². The topological polar surface area (TPSA) is 20.2 Å². The average molecular weight is 379 g/mol. The molecule has 0 radical (unpaired) electrons. The van der Waals surface area contributed by atoms with Gasteiger partial charge in [-0.2, -0.15) is 0 Å². The predicted octanol–water partition coefficient (Wildman–Crippen LogP) is 0.577. The Morgan fingerprint density at radius 3 is 2.21 bits per heavy atom. The Bertz CT molecular complexity index is 591. The molecule has 0 bridgehead atoms.